The van der Waals surface area contributed by atoms with E-state index in [2.05, 4.69) is 10.6 Å². The number of aromatic nitrogens is 1. The maximum atomic E-state index is 14.6. The molecule has 3 N–H and O–H groups in total. The topological polar surface area (TPSA) is 130 Å². The van der Waals surface area contributed by atoms with Gasteiger partial charge in [0.25, 0.3) is 11.5 Å². The third-order valence-electron chi connectivity index (χ3n) is 9.57. The first-order chi connectivity index (χ1) is 25.4. The van der Waals surface area contributed by atoms with Crippen LogP contribution in [0.15, 0.2) is 41.2 Å². The Kier molecular flexibility index (Phi) is 14.1. The number of rotatable bonds is 13. The zero-order chi connectivity index (χ0) is 39.9. The number of pyridine rings is 1. The van der Waals surface area contributed by atoms with Crippen LogP contribution < -0.4 is 16.2 Å². The van der Waals surface area contributed by atoms with Gasteiger partial charge in [-0.05, 0) is 110 Å². The molecule has 294 valence electrons. The lowest BCUT2D eigenvalue weighted by molar-refractivity contribution is -0.144. The number of amides is 2. The molecule has 2 amide bonds. The molecule has 2 fully saturated rings. The molecule has 0 saturated carbocycles. The number of benzene rings is 2. The Labute approximate surface area is 310 Å². The number of alkyl halides is 3. The number of nitrogens with zero attached hydrogens (tertiary/aromatic N) is 2. The molecule has 3 heterocycles. The number of hydrogen-bond acceptors (Lipinski definition) is 6. The van der Waals surface area contributed by atoms with Gasteiger partial charge in [0, 0.05) is 38.3 Å². The van der Waals surface area contributed by atoms with Crippen molar-refractivity contribution in [3.63, 3.8) is 0 Å². The minimum Gasteiger partial charge on any atom is -0.481 e. The lowest BCUT2D eigenvalue weighted by Crippen LogP contribution is -2.45. The van der Waals surface area contributed by atoms with E-state index in [1.54, 1.807) is 26.8 Å². The molecule has 2 aliphatic heterocycles. The molecular weight excluding hydrogens is 715 g/mol. The van der Waals surface area contributed by atoms with Crippen LogP contribution in [-0.4, -0.2) is 71.2 Å². The number of aliphatic carboxylic acids is 1. The Hall–Kier alpha value is -4.63. The molecule has 3 unspecified atom stereocenters. The average Bonchev–Trinajstić information content (AvgIpc) is 3.41. The summed E-state index contributed by atoms with van der Waals surface area (Å²) in [4.78, 5) is 48.9. The van der Waals surface area contributed by atoms with Crippen molar-refractivity contribution >= 4 is 18.3 Å². The van der Waals surface area contributed by atoms with E-state index in [9.17, 15) is 41.1 Å². The molecule has 3 atom stereocenters. The van der Waals surface area contributed by atoms with Crippen LogP contribution in [0.2, 0.25) is 0 Å². The standard InChI is InChI=1S/C20H28F3N3O3.C19H19F2NO3/c1-13(2)7-8-24-18(27)16-5-6-17(20(21,22)23)26(19(16)28)10-9-25-11-14-3-4-15(12-25)29-14;1-10-5-14(20)6-11(2)18(10)13-4-12(3)19(21)15(7-13)16(22-9-23)8-17(24)25/h5-6,13-15H,3-4,7-12H2,1-2H3,(H,24,27);4-7,9,16H,8H2,1-3H3,(H,22,23)(H,24,25). The van der Waals surface area contributed by atoms with E-state index in [0.29, 0.717) is 65.3 Å². The van der Waals surface area contributed by atoms with Gasteiger partial charge in [0.15, 0.2) is 0 Å². The van der Waals surface area contributed by atoms with E-state index >= 15 is 0 Å². The molecule has 2 aliphatic rings. The van der Waals surface area contributed by atoms with Gasteiger partial charge in [0.05, 0.1) is 24.7 Å². The summed E-state index contributed by atoms with van der Waals surface area (Å²) in [7, 11) is 0. The first-order valence-electron chi connectivity index (χ1n) is 17.8. The van der Waals surface area contributed by atoms with Crippen molar-refractivity contribution in [1.82, 2.24) is 20.1 Å². The monoisotopic (exact) mass is 762 g/mol. The lowest BCUT2D eigenvalue weighted by atomic mass is 9.90. The van der Waals surface area contributed by atoms with Crippen molar-refractivity contribution in [1.29, 1.82) is 0 Å². The van der Waals surface area contributed by atoms with E-state index in [4.69, 9.17) is 9.84 Å². The summed E-state index contributed by atoms with van der Waals surface area (Å²) in [6, 6.07) is 6.72. The average molecular weight is 763 g/mol. The molecule has 0 aliphatic carbocycles. The molecule has 2 saturated heterocycles. The molecule has 54 heavy (non-hydrogen) atoms. The zero-order valence-electron chi connectivity index (χ0n) is 31.0. The number of carboxylic acid groups (broad SMARTS) is 1. The van der Waals surface area contributed by atoms with Gasteiger partial charge in [0.1, 0.15) is 22.9 Å². The predicted octanol–water partition coefficient (Wildman–Crippen LogP) is 6.33. The van der Waals surface area contributed by atoms with Crippen LogP contribution in [0, 0.1) is 38.3 Å². The molecule has 5 rings (SSSR count). The number of fused-ring (bicyclic) bond motifs is 2. The molecule has 3 aromatic rings. The van der Waals surface area contributed by atoms with Gasteiger partial charge in [-0.25, -0.2) is 8.78 Å². The number of hydrogen-bond donors (Lipinski definition) is 3. The highest BCUT2D eigenvalue weighted by Gasteiger charge is 2.37. The summed E-state index contributed by atoms with van der Waals surface area (Å²) in [5.74, 6) is -2.35. The zero-order valence-corrected chi connectivity index (χ0v) is 31.0. The van der Waals surface area contributed by atoms with E-state index in [1.165, 1.54) is 18.2 Å². The smallest absolute Gasteiger partial charge is 0.431 e. The van der Waals surface area contributed by atoms with Crippen LogP contribution in [-0.2, 0) is 27.0 Å². The van der Waals surface area contributed by atoms with Gasteiger partial charge >= 0.3 is 12.1 Å². The molecule has 0 spiro atoms. The molecule has 1 aromatic heterocycles. The number of carbonyl (C=O) groups excluding carboxylic acids is 2. The highest BCUT2D eigenvalue weighted by Crippen LogP contribution is 2.34. The molecular formula is C39H47F5N4O6. The van der Waals surface area contributed by atoms with E-state index in [-0.39, 0.29) is 35.7 Å². The summed E-state index contributed by atoms with van der Waals surface area (Å²) in [5, 5.41) is 14.0. The quantitative estimate of drug-likeness (QED) is 0.137. The largest absolute Gasteiger partial charge is 0.481 e. The third-order valence-corrected chi connectivity index (χ3v) is 9.57. The van der Waals surface area contributed by atoms with Crippen molar-refractivity contribution in [3.8, 4) is 11.1 Å². The minimum atomic E-state index is -4.67. The Balaban J connectivity index is 0.000000244. The molecule has 0 radical (unpaired) electrons. The van der Waals surface area contributed by atoms with Crippen molar-refractivity contribution < 1.29 is 46.2 Å². The number of nitrogens with one attached hydrogen (secondary N) is 2. The summed E-state index contributed by atoms with van der Waals surface area (Å²) in [6.07, 6.45) is -1.89. The van der Waals surface area contributed by atoms with Crippen LogP contribution in [0.4, 0.5) is 22.0 Å². The number of aryl methyl sites for hydroxylation is 3. The van der Waals surface area contributed by atoms with E-state index in [0.717, 1.165) is 37.0 Å². The summed E-state index contributed by atoms with van der Waals surface area (Å²) >= 11 is 0. The van der Waals surface area contributed by atoms with Gasteiger partial charge in [0.2, 0.25) is 6.41 Å². The number of carbonyl (C=O) groups is 3. The van der Waals surface area contributed by atoms with Gasteiger partial charge < -0.3 is 25.0 Å². The molecule has 10 nitrogen and oxygen atoms in total. The van der Waals surface area contributed by atoms with Crippen molar-refractivity contribution in [2.75, 3.05) is 26.2 Å². The van der Waals surface area contributed by atoms with Gasteiger partial charge in [-0.3, -0.25) is 24.1 Å². The van der Waals surface area contributed by atoms with Crippen LogP contribution in [0.3, 0.4) is 0 Å². The number of carboxylic acids is 1. The fourth-order valence-corrected chi connectivity index (χ4v) is 6.99. The van der Waals surface area contributed by atoms with Crippen molar-refractivity contribution in [3.05, 3.63) is 91.9 Å². The van der Waals surface area contributed by atoms with E-state index < -0.39 is 47.6 Å². The fourth-order valence-electron chi connectivity index (χ4n) is 6.99. The molecule has 15 heteroatoms. The second-order valence-electron chi connectivity index (χ2n) is 14.3. The summed E-state index contributed by atoms with van der Waals surface area (Å²) < 4.78 is 74.9. The van der Waals surface area contributed by atoms with Crippen LogP contribution in [0.25, 0.3) is 11.1 Å². The van der Waals surface area contributed by atoms with Crippen molar-refractivity contribution in [2.24, 2.45) is 5.92 Å². The first-order valence-corrected chi connectivity index (χ1v) is 17.8. The van der Waals surface area contributed by atoms with E-state index in [1.807, 2.05) is 18.7 Å². The Morgan fingerprint density at radius 3 is 2.17 bits per heavy atom. The second-order valence-corrected chi connectivity index (χ2v) is 14.3. The number of ether oxygens (including phenoxy) is 1. The Morgan fingerprint density at radius 1 is 0.981 bits per heavy atom. The second kappa shape index (κ2) is 18.1. The lowest BCUT2D eigenvalue weighted by Gasteiger charge is -2.32. The Morgan fingerprint density at radius 2 is 1.61 bits per heavy atom. The predicted molar refractivity (Wildman–Crippen MR) is 192 cm³/mol. The number of halogens is 5. The minimum absolute atomic E-state index is 0.0904. The number of likely N-dealkylation sites (tertiary alicyclic amines) is 1. The van der Waals surface area contributed by atoms with Gasteiger partial charge in [-0.15, -0.1) is 0 Å². The SMILES string of the molecule is CC(C)CCNC(=O)c1ccc(C(F)(F)F)n(CCN2CC3CCC(C2)O3)c1=O.Cc1cc(-c2c(C)cc(F)cc2C)cc(C(CC(=O)O)NC=O)c1F. The van der Waals surface area contributed by atoms with Crippen molar-refractivity contribution in [2.45, 2.75) is 91.3 Å². The number of morpholine rings is 1. The highest BCUT2D eigenvalue weighted by atomic mass is 19.4. The summed E-state index contributed by atoms with van der Waals surface area (Å²) in [5.41, 5.74) is 0.990. The maximum absolute atomic E-state index is 14.6. The van der Waals surface area contributed by atoms with Crippen LogP contribution in [0.1, 0.15) is 83.9 Å². The fraction of sp³-hybridized carbons (Fsp3) is 0.487. The van der Waals surface area contributed by atoms with Gasteiger partial charge in [-0.1, -0.05) is 13.8 Å². The summed E-state index contributed by atoms with van der Waals surface area (Å²) in [6.45, 7) is 10.9. The third kappa shape index (κ3) is 10.7. The molecule has 2 bridgehead atoms. The van der Waals surface area contributed by atoms with Crippen LogP contribution >= 0.6 is 0 Å². The van der Waals surface area contributed by atoms with Gasteiger partial charge in [-0.2, -0.15) is 13.2 Å². The Bertz CT molecular complexity index is 1860. The molecule has 2 aromatic carbocycles. The normalized spacial score (nSPS) is 17.5. The highest BCUT2D eigenvalue weighted by molar-refractivity contribution is 5.93. The van der Waals surface area contributed by atoms with Crippen LogP contribution in [0.5, 0.6) is 0 Å². The maximum Gasteiger partial charge on any atom is 0.431 e. The first kappa shape index (κ1) is 42.1.